The molecule has 1 aliphatic heterocycles. The first-order valence-corrected chi connectivity index (χ1v) is 10.9. The standard InChI is InChI=1S/C23H22F2N6O2/c1-2-13-7-10-31(21(13)32)19-6-4-15(12-16(19)20-27-29-30-28-20)26-22(33)23(8-9-23)14-3-5-17(24)18(25)11-14/h3-6,11-13H,2,7-10H2,1H3,(H,26,33)(H,27,28,29,30). The molecule has 0 bridgehead atoms. The van der Waals surface area contributed by atoms with E-state index in [-0.39, 0.29) is 17.7 Å². The highest BCUT2D eigenvalue weighted by Gasteiger charge is 2.51. The van der Waals surface area contributed by atoms with E-state index < -0.39 is 17.0 Å². The molecule has 8 nitrogen and oxygen atoms in total. The van der Waals surface area contributed by atoms with Crippen molar-refractivity contribution < 1.29 is 18.4 Å². The first kappa shape index (κ1) is 21.2. The van der Waals surface area contributed by atoms with E-state index in [4.69, 9.17) is 0 Å². The minimum Gasteiger partial charge on any atom is -0.325 e. The molecule has 2 amide bonds. The Morgan fingerprint density at radius 3 is 2.67 bits per heavy atom. The first-order chi connectivity index (χ1) is 15.9. The normalized spacial score (nSPS) is 19.1. The van der Waals surface area contributed by atoms with E-state index in [0.717, 1.165) is 25.0 Å². The summed E-state index contributed by atoms with van der Waals surface area (Å²) in [4.78, 5) is 27.6. The first-order valence-electron chi connectivity index (χ1n) is 10.9. The van der Waals surface area contributed by atoms with Crippen LogP contribution in [0.1, 0.15) is 38.2 Å². The smallest absolute Gasteiger partial charge is 0.235 e. The van der Waals surface area contributed by atoms with Crippen molar-refractivity contribution in [1.29, 1.82) is 0 Å². The zero-order valence-electron chi connectivity index (χ0n) is 17.9. The van der Waals surface area contributed by atoms with Crippen LogP contribution in [0.25, 0.3) is 11.4 Å². The Hall–Kier alpha value is -3.69. The molecule has 1 saturated heterocycles. The Morgan fingerprint density at radius 2 is 2.03 bits per heavy atom. The highest BCUT2D eigenvalue weighted by Crippen LogP contribution is 2.49. The van der Waals surface area contributed by atoms with E-state index in [2.05, 4.69) is 25.9 Å². The zero-order valence-corrected chi connectivity index (χ0v) is 17.9. The topological polar surface area (TPSA) is 104 Å². The van der Waals surface area contributed by atoms with Gasteiger partial charge in [-0.2, -0.15) is 5.21 Å². The number of anilines is 2. The fourth-order valence-corrected chi connectivity index (χ4v) is 4.48. The van der Waals surface area contributed by atoms with Crippen LogP contribution in [0.4, 0.5) is 20.2 Å². The molecule has 2 aromatic carbocycles. The molecule has 10 heteroatoms. The molecule has 1 aliphatic carbocycles. The van der Waals surface area contributed by atoms with Gasteiger partial charge in [0.2, 0.25) is 17.6 Å². The zero-order chi connectivity index (χ0) is 23.2. The Morgan fingerprint density at radius 1 is 1.21 bits per heavy atom. The van der Waals surface area contributed by atoms with Gasteiger partial charge in [-0.05, 0) is 66.8 Å². The van der Waals surface area contributed by atoms with Crippen LogP contribution < -0.4 is 10.2 Å². The largest absolute Gasteiger partial charge is 0.325 e. The van der Waals surface area contributed by atoms with E-state index in [9.17, 15) is 18.4 Å². The third-order valence-corrected chi connectivity index (χ3v) is 6.60. The summed E-state index contributed by atoms with van der Waals surface area (Å²) in [6.07, 6.45) is 2.63. The van der Waals surface area contributed by atoms with Gasteiger partial charge in [0.15, 0.2) is 11.6 Å². The van der Waals surface area contributed by atoms with E-state index in [1.54, 1.807) is 23.1 Å². The molecule has 170 valence electrons. The van der Waals surface area contributed by atoms with Crippen LogP contribution in [0.15, 0.2) is 36.4 Å². The van der Waals surface area contributed by atoms with E-state index in [0.29, 0.717) is 47.7 Å². The average Bonchev–Trinajstić information content (AvgIpc) is 3.28. The van der Waals surface area contributed by atoms with Crippen LogP contribution in [0.2, 0.25) is 0 Å². The summed E-state index contributed by atoms with van der Waals surface area (Å²) in [5, 5.41) is 17.0. The molecule has 1 saturated carbocycles. The molecule has 2 fully saturated rings. The Bertz CT molecular complexity index is 1230. The molecule has 0 spiro atoms. The van der Waals surface area contributed by atoms with Gasteiger partial charge in [0.25, 0.3) is 0 Å². The SMILES string of the molecule is CCC1CCN(c2ccc(NC(=O)C3(c4ccc(F)c(F)c4)CC3)cc2-c2nn[nH]n2)C1=O. The number of nitrogens with one attached hydrogen (secondary N) is 2. The van der Waals surface area contributed by atoms with Gasteiger partial charge in [-0.25, -0.2) is 8.78 Å². The number of nitrogens with zero attached hydrogens (tertiary/aromatic N) is 4. The molecule has 2 heterocycles. The third-order valence-electron chi connectivity index (χ3n) is 6.60. The van der Waals surface area contributed by atoms with Crippen LogP contribution in [-0.4, -0.2) is 39.0 Å². The monoisotopic (exact) mass is 452 g/mol. The number of hydrogen-bond acceptors (Lipinski definition) is 5. The van der Waals surface area contributed by atoms with Crippen molar-refractivity contribution in [3.63, 3.8) is 0 Å². The maximum Gasteiger partial charge on any atom is 0.235 e. The van der Waals surface area contributed by atoms with Gasteiger partial charge in [0.05, 0.1) is 11.1 Å². The van der Waals surface area contributed by atoms with Crippen LogP contribution in [0.3, 0.4) is 0 Å². The predicted molar refractivity (Wildman–Crippen MR) is 116 cm³/mol. The summed E-state index contributed by atoms with van der Waals surface area (Å²) in [5.74, 6) is -1.89. The maximum atomic E-state index is 13.8. The summed E-state index contributed by atoms with van der Waals surface area (Å²) >= 11 is 0. The van der Waals surface area contributed by atoms with Crippen LogP contribution in [0, 0.1) is 17.6 Å². The molecule has 3 aromatic rings. The van der Waals surface area contributed by atoms with Gasteiger partial charge in [-0.1, -0.05) is 13.0 Å². The van der Waals surface area contributed by atoms with E-state index in [1.165, 1.54) is 6.07 Å². The fraction of sp³-hybridized carbons (Fsp3) is 0.348. The highest BCUT2D eigenvalue weighted by atomic mass is 19.2. The van der Waals surface area contributed by atoms with Crippen LogP contribution in [0.5, 0.6) is 0 Å². The maximum absolute atomic E-state index is 13.8. The van der Waals surface area contributed by atoms with Gasteiger partial charge in [0.1, 0.15) is 0 Å². The molecule has 2 N–H and O–H groups in total. The molecular weight excluding hydrogens is 430 g/mol. The number of halogens is 2. The number of aromatic amines is 1. The predicted octanol–water partition coefficient (Wildman–Crippen LogP) is 3.58. The number of rotatable bonds is 6. The number of hydrogen-bond donors (Lipinski definition) is 2. The van der Waals surface area contributed by atoms with Gasteiger partial charge < -0.3 is 10.2 Å². The van der Waals surface area contributed by atoms with Crippen molar-refractivity contribution in [2.24, 2.45) is 5.92 Å². The van der Waals surface area contributed by atoms with E-state index in [1.807, 2.05) is 6.92 Å². The van der Waals surface area contributed by atoms with Crippen molar-refractivity contribution in [1.82, 2.24) is 20.6 Å². The van der Waals surface area contributed by atoms with Gasteiger partial charge in [0, 0.05) is 23.7 Å². The van der Waals surface area contributed by atoms with Crippen molar-refractivity contribution in [2.45, 2.75) is 38.0 Å². The number of amides is 2. The van der Waals surface area contributed by atoms with Gasteiger partial charge in [-0.15, -0.1) is 10.2 Å². The van der Waals surface area contributed by atoms with Gasteiger partial charge in [-0.3, -0.25) is 9.59 Å². The van der Waals surface area contributed by atoms with Crippen LogP contribution >= 0.6 is 0 Å². The Labute approximate surface area is 188 Å². The van der Waals surface area contributed by atoms with Crippen molar-refractivity contribution in [2.75, 3.05) is 16.8 Å². The molecule has 2 aliphatic rings. The lowest BCUT2D eigenvalue weighted by Gasteiger charge is -2.21. The number of carbonyl (C=O) groups excluding carboxylic acids is 2. The van der Waals surface area contributed by atoms with Crippen LogP contribution in [-0.2, 0) is 15.0 Å². The highest BCUT2D eigenvalue weighted by molar-refractivity contribution is 6.04. The van der Waals surface area contributed by atoms with Gasteiger partial charge >= 0.3 is 0 Å². The lowest BCUT2D eigenvalue weighted by atomic mass is 9.94. The molecule has 1 unspecified atom stereocenters. The summed E-state index contributed by atoms with van der Waals surface area (Å²) in [6, 6.07) is 8.74. The quantitative estimate of drug-likeness (QED) is 0.595. The minimum absolute atomic E-state index is 0.0201. The molecular formula is C23H22F2N6O2. The Kier molecular flexibility index (Phi) is 5.15. The number of carbonyl (C=O) groups is 2. The second kappa shape index (κ2) is 8.02. The second-order valence-corrected chi connectivity index (χ2v) is 8.52. The molecule has 1 atom stereocenters. The van der Waals surface area contributed by atoms with Crippen molar-refractivity contribution >= 4 is 23.2 Å². The third kappa shape index (κ3) is 3.65. The number of aromatic nitrogens is 4. The summed E-state index contributed by atoms with van der Waals surface area (Å²) in [7, 11) is 0. The number of tetrazole rings is 1. The van der Waals surface area contributed by atoms with E-state index >= 15 is 0 Å². The summed E-state index contributed by atoms with van der Waals surface area (Å²) in [6.45, 7) is 2.58. The molecule has 33 heavy (non-hydrogen) atoms. The molecule has 0 radical (unpaired) electrons. The molecule has 1 aromatic heterocycles. The average molecular weight is 452 g/mol. The summed E-state index contributed by atoms with van der Waals surface area (Å²) < 4.78 is 27.1. The minimum atomic E-state index is -0.976. The lowest BCUT2D eigenvalue weighted by molar-refractivity contribution is -0.120. The molecule has 5 rings (SSSR count). The van der Waals surface area contributed by atoms with Crippen molar-refractivity contribution in [3.05, 3.63) is 53.6 Å². The number of H-pyrrole nitrogens is 1. The number of benzene rings is 2. The second-order valence-electron chi connectivity index (χ2n) is 8.52. The lowest BCUT2D eigenvalue weighted by Crippen LogP contribution is -2.29. The van der Waals surface area contributed by atoms with Crippen molar-refractivity contribution in [3.8, 4) is 11.4 Å². The Balaban J connectivity index is 1.45. The fourth-order valence-electron chi connectivity index (χ4n) is 4.48. The summed E-state index contributed by atoms with van der Waals surface area (Å²) in [5.41, 5.74) is 1.25.